The molecule has 1 amide bonds. The highest BCUT2D eigenvalue weighted by Gasteiger charge is 2.15. The van der Waals surface area contributed by atoms with Crippen LogP contribution in [0.15, 0.2) is 24.3 Å². The first-order valence-corrected chi connectivity index (χ1v) is 7.84. The van der Waals surface area contributed by atoms with Crippen LogP contribution in [0.4, 0.5) is 0 Å². The number of benzene rings is 1. The number of methoxy groups -OCH3 is 1. The Morgan fingerprint density at radius 3 is 2.74 bits per heavy atom. The van der Waals surface area contributed by atoms with Gasteiger partial charge in [0.1, 0.15) is 17.3 Å². The zero-order valence-corrected chi connectivity index (χ0v) is 14.2. The van der Waals surface area contributed by atoms with E-state index in [0.29, 0.717) is 18.9 Å². The number of amides is 1. The smallest absolute Gasteiger partial charge is 0.216 e. The molecule has 124 valence electrons. The fraction of sp³-hybridized carbons (Fsp3) is 0.471. The van der Waals surface area contributed by atoms with Crippen molar-refractivity contribution in [3.8, 4) is 11.4 Å². The molecule has 0 fully saturated rings. The summed E-state index contributed by atoms with van der Waals surface area (Å²) in [6.45, 7) is 6.32. The summed E-state index contributed by atoms with van der Waals surface area (Å²) >= 11 is 0. The zero-order valence-electron chi connectivity index (χ0n) is 14.2. The Hall–Kier alpha value is -2.37. The van der Waals surface area contributed by atoms with Crippen LogP contribution in [-0.4, -0.2) is 34.3 Å². The van der Waals surface area contributed by atoms with Gasteiger partial charge in [-0.05, 0) is 18.1 Å². The van der Waals surface area contributed by atoms with Crippen LogP contribution in [0, 0.1) is 5.92 Å². The van der Waals surface area contributed by atoms with Crippen LogP contribution in [0.25, 0.3) is 5.69 Å². The van der Waals surface area contributed by atoms with Crippen molar-refractivity contribution in [1.82, 2.24) is 20.1 Å². The number of carbonyl (C=O) groups excluding carboxylic acids is 1. The Kier molecular flexibility index (Phi) is 5.73. The third-order valence-electron chi connectivity index (χ3n) is 3.34. The maximum Gasteiger partial charge on any atom is 0.216 e. The number of hydrogen-bond acceptors (Lipinski definition) is 4. The normalized spacial score (nSPS) is 10.8. The van der Waals surface area contributed by atoms with Crippen LogP contribution >= 0.6 is 0 Å². The van der Waals surface area contributed by atoms with Gasteiger partial charge >= 0.3 is 0 Å². The quantitative estimate of drug-likeness (QED) is 0.850. The summed E-state index contributed by atoms with van der Waals surface area (Å²) in [6.07, 6.45) is 1.43. The van der Waals surface area contributed by atoms with Gasteiger partial charge in [0.15, 0.2) is 5.82 Å². The first kappa shape index (κ1) is 17.0. The Morgan fingerprint density at radius 1 is 1.35 bits per heavy atom. The minimum Gasteiger partial charge on any atom is -0.494 e. The van der Waals surface area contributed by atoms with Crippen molar-refractivity contribution in [2.24, 2.45) is 5.92 Å². The fourth-order valence-electron chi connectivity index (χ4n) is 2.35. The highest BCUT2D eigenvalue weighted by atomic mass is 16.5. The molecule has 0 bridgehead atoms. The summed E-state index contributed by atoms with van der Waals surface area (Å²) in [5, 5.41) is 7.44. The molecule has 0 aliphatic carbocycles. The van der Waals surface area contributed by atoms with Crippen molar-refractivity contribution in [2.45, 2.75) is 33.6 Å². The lowest BCUT2D eigenvalue weighted by Crippen LogP contribution is -2.23. The van der Waals surface area contributed by atoms with Crippen molar-refractivity contribution >= 4 is 5.91 Å². The second kappa shape index (κ2) is 7.76. The van der Waals surface area contributed by atoms with E-state index in [0.717, 1.165) is 29.5 Å². The van der Waals surface area contributed by atoms with Crippen LogP contribution in [0.1, 0.15) is 32.4 Å². The molecule has 0 aliphatic rings. The van der Waals surface area contributed by atoms with Gasteiger partial charge in [0, 0.05) is 26.3 Å². The van der Waals surface area contributed by atoms with E-state index in [-0.39, 0.29) is 5.91 Å². The molecule has 2 rings (SSSR count). The summed E-state index contributed by atoms with van der Waals surface area (Å²) < 4.78 is 7.25. The maximum absolute atomic E-state index is 11.1. The topological polar surface area (TPSA) is 69.0 Å². The second-order valence-corrected chi connectivity index (χ2v) is 5.86. The van der Waals surface area contributed by atoms with Gasteiger partial charge in [0.2, 0.25) is 5.91 Å². The number of ether oxygens (including phenoxy) is 1. The minimum absolute atomic E-state index is 0.0456. The van der Waals surface area contributed by atoms with E-state index in [1.54, 1.807) is 7.11 Å². The SMILES string of the molecule is COc1ccccc1-n1nc(CC(C)C)nc1CCNC(C)=O. The van der Waals surface area contributed by atoms with Gasteiger partial charge in [-0.25, -0.2) is 9.67 Å². The largest absolute Gasteiger partial charge is 0.494 e. The molecule has 23 heavy (non-hydrogen) atoms. The van der Waals surface area contributed by atoms with E-state index in [9.17, 15) is 4.79 Å². The lowest BCUT2D eigenvalue weighted by Gasteiger charge is -2.10. The van der Waals surface area contributed by atoms with Crippen LogP contribution in [0.2, 0.25) is 0 Å². The van der Waals surface area contributed by atoms with E-state index in [2.05, 4.69) is 29.2 Å². The molecule has 1 N–H and O–H groups in total. The molecule has 0 unspecified atom stereocenters. The predicted octanol–water partition coefficient (Wildman–Crippen LogP) is 2.15. The average Bonchev–Trinajstić information content (AvgIpc) is 2.88. The predicted molar refractivity (Wildman–Crippen MR) is 88.8 cm³/mol. The van der Waals surface area contributed by atoms with E-state index in [4.69, 9.17) is 4.74 Å². The van der Waals surface area contributed by atoms with E-state index in [1.165, 1.54) is 6.92 Å². The molecule has 6 heteroatoms. The van der Waals surface area contributed by atoms with Crippen molar-refractivity contribution in [1.29, 1.82) is 0 Å². The number of nitrogens with one attached hydrogen (secondary N) is 1. The van der Waals surface area contributed by atoms with Gasteiger partial charge in [-0.1, -0.05) is 26.0 Å². The van der Waals surface area contributed by atoms with Crippen LogP contribution < -0.4 is 10.1 Å². The van der Waals surface area contributed by atoms with Gasteiger partial charge in [0.05, 0.1) is 7.11 Å². The average molecular weight is 316 g/mol. The first-order chi connectivity index (χ1) is 11.0. The number of aromatic nitrogens is 3. The Balaban J connectivity index is 2.34. The highest BCUT2D eigenvalue weighted by molar-refractivity contribution is 5.72. The minimum atomic E-state index is -0.0456. The fourth-order valence-corrected chi connectivity index (χ4v) is 2.35. The number of para-hydroxylation sites is 2. The van der Waals surface area contributed by atoms with Crippen LogP contribution in [-0.2, 0) is 17.6 Å². The van der Waals surface area contributed by atoms with Crippen molar-refractivity contribution in [3.63, 3.8) is 0 Å². The second-order valence-electron chi connectivity index (χ2n) is 5.86. The zero-order chi connectivity index (χ0) is 16.8. The monoisotopic (exact) mass is 316 g/mol. The summed E-state index contributed by atoms with van der Waals surface area (Å²) in [5.74, 6) is 2.80. The summed E-state index contributed by atoms with van der Waals surface area (Å²) in [7, 11) is 1.64. The molecule has 1 aromatic carbocycles. The number of nitrogens with zero attached hydrogens (tertiary/aromatic N) is 3. The Labute approximate surface area is 136 Å². The first-order valence-electron chi connectivity index (χ1n) is 7.84. The molecule has 6 nitrogen and oxygen atoms in total. The molecule has 1 heterocycles. The van der Waals surface area contributed by atoms with Gasteiger partial charge in [-0.15, -0.1) is 0 Å². The number of hydrogen-bond donors (Lipinski definition) is 1. The summed E-state index contributed by atoms with van der Waals surface area (Å²) in [4.78, 5) is 15.7. The molecule has 2 aromatic rings. The molecule has 0 radical (unpaired) electrons. The molecule has 0 saturated heterocycles. The summed E-state index contributed by atoms with van der Waals surface area (Å²) in [6, 6.07) is 7.72. The van der Waals surface area contributed by atoms with Crippen molar-refractivity contribution < 1.29 is 9.53 Å². The Morgan fingerprint density at radius 2 is 2.09 bits per heavy atom. The molecule has 0 saturated carbocycles. The molecular weight excluding hydrogens is 292 g/mol. The molecule has 0 atom stereocenters. The van der Waals surface area contributed by atoms with E-state index in [1.807, 2.05) is 28.9 Å². The van der Waals surface area contributed by atoms with Crippen LogP contribution in [0.5, 0.6) is 5.75 Å². The van der Waals surface area contributed by atoms with Crippen LogP contribution in [0.3, 0.4) is 0 Å². The third kappa shape index (κ3) is 4.55. The molecular formula is C17H24N4O2. The number of carbonyl (C=O) groups is 1. The molecule has 0 spiro atoms. The third-order valence-corrected chi connectivity index (χ3v) is 3.34. The van der Waals surface area contributed by atoms with Crippen molar-refractivity contribution in [2.75, 3.05) is 13.7 Å². The standard InChI is InChI=1S/C17H24N4O2/c1-12(2)11-16-19-17(9-10-18-13(3)22)21(20-16)14-7-5-6-8-15(14)23-4/h5-8,12H,9-11H2,1-4H3,(H,18,22). The number of rotatable bonds is 7. The Bertz CT molecular complexity index is 664. The van der Waals surface area contributed by atoms with E-state index >= 15 is 0 Å². The van der Waals surface area contributed by atoms with Gasteiger partial charge in [-0.2, -0.15) is 5.10 Å². The highest BCUT2D eigenvalue weighted by Crippen LogP contribution is 2.23. The lowest BCUT2D eigenvalue weighted by molar-refractivity contribution is -0.118. The molecule has 0 aliphatic heterocycles. The maximum atomic E-state index is 11.1. The lowest BCUT2D eigenvalue weighted by atomic mass is 10.1. The van der Waals surface area contributed by atoms with Gasteiger partial charge in [0.25, 0.3) is 0 Å². The van der Waals surface area contributed by atoms with Gasteiger partial charge < -0.3 is 10.1 Å². The molecule has 1 aromatic heterocycles. The summed E-state index contributed by atoms with van der Waals surface area (Å²) in [5.41, 5.74) is 0.857. The van der Waals surface area contributed by atoms with Crippen molar-refractivity contribution in [3.05, 3.63) is 35.9 Å². The van der Waals surface area contributed by atoms with E-state index < -0.39 is 0 Å². The van der Waals surface area contributed by atoms with Gasteiger partial charge in [-0.3, -0.25) is 4.79 Å².